The van der Waals surface area contributed by atoms with Gasteiger partial charge in [0.15, 0.2) is 0 Å². The number of rotatable bonds is 6. The lowest BCUT2D eigenvalue weighted by molar-refractivity contribution is -0.139. The molecule has 0 aliphatic rings. The first kappa shape index (κ1) is 14.8. The molecule has 0 fully saturated rings. The van der Waals surface area contributed by atoms with Crippen molar-refractivity contribution in [3.63, 3.8) is 0 Å². The maximum Gasteiger partial charge on any atom is 0.127 e. The summed E-state index contributed by atoms with van der Waals surface area (Å²) in [6.45, 7) is 4.04. The van der Waals surface area contributed by atoms with Crippen LogP contribution in [0.5, 0.6) is 5.75 Å². The highest BCUT2D eigenvalue weighted by Gasteiger charge is 2.13. The Hall–Kier alpha value is -1.62. The number of fused-ring (bicyclic) bond motifs is 1. The second-order valence-corrected chi connectivity index (χ2v) is 5.16. The first-order valence-corrected chi connectivity index (χ1v) is 6.82. The molecule has 0 aliphatic heterocycles. The summed E-state index contributed by atoms with van der Waals surface area (Å²) in [6.07, 6.45) is -0.735. The van der Waals surface area contributed by atoms with Crippen molar-refractivity contribution in [2.45, 2.75) is 26.0 Å². The van der Waals surface area contributed by atoms with Gasteiger partial charge in [-0.3, -0.25) is 0 Å². The summed E-state index contributed by atoms with van der Waals surface area (Å²) in [5.74, 6) is 0.746. The fourth-order valence-corrected chi connectivity index (χ4v) is 1.99. The third-order valence-electron chi connectivity index (χ3n) is 3.17. The standard InChI is InChI=1S/C16H21NO3/c1-12(2)17(19)10-14(18)11-20-16-9-5-7-13-6-3-4-8-15(13)16/h3-9,12,14,18-19H,10-11H2,1-2H3/t14-/m0/s1. The van der Waals surface area contributed by atoms with Gasteiger partial charge in [-0.25, -0.2) is 0 Å². The third-order valence-corrected chi connectivity index (χ3v) is 3.17. The van der Waals surface area contributed by atoms with Crippen molar-refractivity contribution in [2.75, 3.05) is 13.2 Å². The summed E-state index contributed by atoms with van der Waals surface area (Å²) < 4.78 is 5.67. The molecule has 2 N–H and O–H groups in total. The zero-order valence-electron chi connectivity index (χ0n) is 11.9. The second kappa shape index (κ2) is 6.70. The van der Waals surface area contributed by atoms with Crippen LogP contribution < -0.4 is 4.74 Å². The van der Waals surface area contributed by atoms with Crippen molar-refractivity contribution in [3.8, 4) is 5.75 Å². The molecular formula is C16H21NO3. The van der Waals surface area contributed by atoms with Gasteiger partial charge in [0.05, 0.1) is 6.54 Å². The van der Waals surface area contributed by atoms with Gasteiger partial charge in [-0.2, -0.15) is 5.06 Å². The number of aliphatic hydroxyl groups excluding tert-OH is 1. The second-order valence-electron chi connectivity index (χ2n) is 5.16. The maximum absolute atomic E-state index is 9.88. The topological polar surface area (TPSA) is 52.9 Å². The van der Waals surface area contributed by atoms with Gasteiger partial charge in [-0.05, 0) is 25.3 Å². The van der Waals surface area contributed by atoms with Crippen LogP contribution in [0, 0.1) is 0 Å². The maximum atomic E-state index is 9.88. The number of benzene rings is 2. The molecule has 0 spiro atoms. The predicted octanol–water partition coefficient (Wildman–Crippen LogP) is 2.68. The lowest BCUT2D eigenvalue weighted by atomic mass is 10.1. The molecular weight excluding hydrogens is 254 g/mol. The summed E-state index contributed by atoms with van der Waals surface area (Å²) in [4.78, 5) is 0. The van der Waals surface area contributed by atoms with E-state index in [1.54, 1.807) is 0 Å². The molecule has 0 saturated heterocycles. The zero-order valence-corrected chi connectivity index (χ0v) is 11.9. The Kier molecular flexibility index (Phi) is 4.95. The van der Waals surface area contributed by atoms with Crippen LogP contribution in [0.25, 0.3) is 10.8 Å². The number of nitrogens with zero attached hydrogens (tertiary/aromatic N) is 1. The highest BCUT2D eigenvalue weighted by atomic mass is 16.5. The van der Waals surface area contributed by atoms with Crippen molar-refractivity contribution in [1.29, 1.82) is 0 Å². The highest BCUT2D eigenvalue weighted by molar-refractivity contribution is 5.88. The highest BCUT2D eigenvalue weighted by Crippen LogP contribution is 2.25. The van der Waals surface area contributed by atoms with E-state index in [1.165, 1.54) is 0 Å². The molecule has 2 aromatic carbocycles. The molecule has 0 unspecified atom stereocenters. The summed E-state index contributed by atoms with van der Waals surface area (Å²) in [6, 6.07) is 13.8. The Morgan fingerprint density at radius 1 is 1.10 bits per heavy atom. The molecule has 0 radical (unpaired) electrons. The number of aliphatic hydroxyl groups is 1. The molecule has 0 bridgehead atoms. The fourth-order valence-electron chi connectivity index (χ4n) is 1.99. The fraction of sp³-hybridized carbons (Fsp3) is 0.375. The molecule has 0 amide bonds. The van der Waals surface area contributed by atoms with Crippen molar-refractivity contribution >= 4 is 10.8 Å². The SMILES string of the molecule is CC(C)N(O)C[C@H](O)COc1cccc2ccccc12. The monoisotopic (exact) mass is 275 g/mol. The Bertz CT molecular complexity index is 551. The van der Waals surface area contributed by atoms with Crippen molar-refractivity contribution in [3.05, 3.63) is 42.5 Å². The van der Waals surface area contributed by atoms with E-state index in [4.69, 9.17) is 4.74 Å². The minimum Gasteiger partial charge on any atom is -0.490 e. The zero-order chi connectivity index (χ0) is 14.5. The number of ether oxygens (including phenoxy) is 1. The summed E-state index contributed by atoms with van der Waals surface area (Å²) >= 11 is 0. The molecule has 0 aromatic heterocycles. The Morgan fingerprint density at radius 3 is 2.55 bits per heavy atom. The van der Waals surface area contributed by atoms with Crippen LogP contribution in [-0.4, -0.2) is 40.7 Å². The van der Waals surface area contributed by atoms with Gasteiger partial charge in [0.25, 0.3) is 0 Å². The van der Waals surface area contributed by atoms with Crippen molar-refractivity contribution < 1.29 is 15.1 Å². The minimum atomic E-state index is -0.735. The van der Waals surface area contributed by atoms with Crippen LogP contribution in [0.2, 0.25) is 0 Å². The van der Waals surface area contributed by atoms with Gasteiger partial charge in [0.2, 0.25) is 0 Å². The van der Waals surface area contributed by atoms with E-state index in [0.717, 1.165) is 21.6 Å². The van der Waals surface area contributed by atoms with Gasteiger partial charge in [0, 0.05) is 11.4 Å². The van der Waals surface area contributed by atoms with Crippen LogP contribution in [0.3, 0.4) is 0 Å². The third kappa shape index (κ3) is 3.70. The molecule has 4 nitrogen and oxygen atoms in total. The van der Waals surface area contributed by atoms with Gasteiger partial charge >= 0.3 is 0 Å². The Morgan fingerprint density at radius 2 is 1.80 bits per heavy atom. The van der Waals surface area contributed by atoms with Crippen molar-refractivity contribution in [1.82, 2.24) is 5.06 Å². The molecule has 2 aromatic rings. The molecule has 1 atom stereocenters. The van der Waals surface area contributed by atoms with E-state index >= 15 is 0 Å². The van der Waals surface area contributed by atoms with E-state index in [9.17, 15) is 10.3 Å². The van der Waals surface area contributed by atoms with Crippen LogP contribution in [0.1, 0.15) is 13.8 Å². The van der Waals surface area contributed by atoms with Crippen molar-refractivity contribution in [2.24, 2.45) is 0 Å². The summed E-state index contributed by atoms with van der Waals surface area (Å²) in [5, 5.41) is 22.7. The Labute approximate surface area is 119 Å². The normalized spacial score (nSPS) is 13.1. The average Bonchev–Trinajstić information content (AvgIpc) is 2.44. The first-order valence-electron chi connectivity index (χ1n) is 6.82. The van der Waals surface area contributed by atoms with E-state index in [0.29, 0.717) is 0 Å². The molecule has 0 aliphatic carbocycles. The van der Waals surface area contributed by atoms with Crippen LogP contribution >= 0.6 is 0 Å². The van der Waals surface area contributed by atoms with E-state index in [-0.39, 0.29) is 19.2 Å². The lowest BCUT2D eigenvalue weighted by Crippen LogP contribution is -2.37. The average molecular weight is 275 g/mol. The molecule has 4 heteroatoms. The molecule has 2 rings (SSSR count). The predicted molar refractivity (Wildman–Crippen MR) is 79.1 cm³/mol. The largest absolute Gasteiger partial charge is 0.490 e. The number of hydrogen-bond donors (Lipinski definition) is 2. The van der Waals surface area contributed by atoms with Crippen LogP contribution in [0.15, 0.2) is 42.5 Å². The van der Waals surface area contributed by atoms with Gasteiger partial charge in [0.1, 0.15) is 18.5 Å². The summed E-state index contributed by atoms with van der Waals surface area (Å²) in [7, 11) is 0. The molecule has 108 valence electrons. The quantitative estimate of drug-likeness (QED) is 0.796. The number of hydroxylamine groups is 2. The minimum absolute atomic E-state index is 0.0257. The molecule has 0 saturated carbocycles. The van der Waals surface area contributed by atoms with Gasteiger partial charge in [-0.15, -0.1) is 0 Å². The van der Waals surface area contributed by atoms with Gasteiger partial charge in [-0.1, -0.05) is 36.4 Å². The van der Waals surface area contributed by atoms with Gasteiger partial charge < -0.3 is 15.1 Å². The Balaban J connectivity index is 1.99. The number of hydrogen-bond acceptors (Lipinski definition) is 4. The van der Waals surface area contributed by atoms with Crippen LogP contribution in [0.4, 0.5) is 0 Å². The smallest absolute Gasteiger partial charge is 0.127 e. The molecule has 20 heavy (non-hydrogen) atoms. The molecule has 0 heterocycles. The van der Waals surface area contributed by atoms with Crippen LogP contribution in [-0.2, 0) is 0 Å². The van der Waals surface area contributed by atoms with E-state index < -0.39 is 6.10 Å². The van der Waals surface area contributed by atoms with E-state index in [1.807, 2.05) is 56.3 Å². The van der Waals surface area contributed by atoms with E-state index in [2.05, 4.69) is 0 Å². The first-order chi connectivity index (χ1) is 9.58. The lowest BCUT2D eigenvalue weighted by Gasteiger charge is -2.22. The summed E-state index contributed by atoms with van der Waals surface area (Å²) in [5.41, 5.74) is 0.